The Kier molecular flexibility index (Phi) is 6.75. The molecule has 0 bridgehead atoms. The molecule has 2 atom stereocenters. The first kappa shape index (κ1) is 17.2. The molecule has 0 spiro atoms. The first-order chi connectivity index (χ1) is 9.31. The van der Waals surface area contributed by atoms with Crippen LogP contribution in [0.5, 0.6) is 5.75 Å². The minimum Gasteiger partial charge on any atom is -0.489 e. The lowest BCUT2D eigenvalue weighted by Gasteiger charge is -2.24. The molecule has 3 N–H and O–H groups in total. The van der Waals surface area contributed by atoms with Crippen molar-refractivity contribution in [3.63, 3.8) is 0 Å². The summed E-state index contributed by atoms with van der Waals surface area (Å²) in [5.74, 6) is 6.31. The van der Waals surface area contributed by atoms with Crippen molar-refractivity contribution in [3.8, 4) is 5.75 Å². The van der Waals surface area contributed by atoms with Gasteiger partial charge in [0.25, 0.3) is 0 Å². The highest BCUT2D eigenvalue weighted by molar-refractivity contribution is 7.90. The van der Waals surface area contributed by atoms with Gasteiger partial charge in [-0.15, -0.1) is 0 Å². The molecule has 1 aromatic rings. The summed E-state index contributed by atoms with van der Waals surface area (Å²) < 4.78 is 28.0. The molecule has 0 aliphatic carbocycles. The maximum absolute atomic E-state index is 11.1. The fraction of sp³-hybridized carbons (Fsp3) is 0.538. The van der Waals surface area contributed by atoms with Crippen LogP contribution >= 0.6 is 11.6 Å². The van der Waals surface area contributed by atoms with Gasteiger partial charge in [0.1, 0.15) is 21.7 Å². The summed E-state index contributed by atoms with van der Waals surface area (Å²) in [4.78, 5) is 0. The lowest BCUT2D eigenvalue weighted by molar-refractivity contribution is 0.164. The molecule has 1 rings (SSSR count). The van der Waals surface area contributed by atoms with E-state index in [2.05, 4.69) is 5.43 Å². The summed E-state index contributed by atoms with van der Waals surface area (Å²) in [6.07, 6.45) is 2.18. The first-order valence-corrected chi connectivity index (χ1v) is 8.82. The lowest BCUT2D eigenvalue weighted by atomic mass is 10.1. The average molecular weight is 321 g/mol. The Morgan fingerprint density at radius 3 is 2.70 bits per heavy atom. The number of benzene rings is 1. The van der Waals surface area contributed by atoms with Crippen LogP contribution in [0.4, 0.5) is 0 Å². The van der Waals surface area contributed by atoms with Crippen LogP contribution < -0.4 is 16.0 Å². The van der Waals surface area contributed by atoms with Crippen molar-refractivity contribution in [3.05, 3.63) is 29.3 Å². The molecule has 5 nitrogen and oxygen atoms in total. The van der Waals surface area contributed by atoms with Gasteiger partial charge in [-0.2, -0.15) is 0 Å². The Bertz CT molecular complexity index is 522. The fourth-order valence-electron chi connectivity index (χ4n) is 1.86. The highest BCUT2D eigenvalue weighted by Gasteiger charge is 2.18. The maximum atomic E-state index is 11.1. The van der Waals surface area contributed by atoms with E-state index >= 15 is 0 Å². The van der Waals surface area contributed by atoms with Crippen LogP contribution in [-0.4, -0.2) is 32.6 Å². The van der Waals surface area contributed by atoms with E-state index < -0.39 is 9.84 Å². The van der Waals surface area contributed by atoms with Crippen LogP contribution in [0.3, 0.4) is 0 Å². The van der Waals surface area contributed by atoms with Crippen LogP contribution in [-0.2, 0) is 9.84 Å². The van der Waals surface area contributed by atoms with Gasteiger partial charge in [0.15, 0.2) is 0 Å². The molecule has 0 aliphatic heterocycles. The van der Waals surface area contributed by atoms with E-state index in [4.69, 9.17) is 22.2 Å². The molecule has 0 amide bonds. The standard InChI is InChI=1S/C13H21ClN2O3S/c1-10(19-12-6-3-5-11(14)9-12)13(16-15)7-4-8-20(2,17)18/h3,5-6,9-10,13,16H,4,7-8,15H2,1-2H3. The zero-order valence-electron chi connectivity index (χ0n) is 11.7. The van der Waals surface area contributed by atoms with Crippen molar-refractivity contribution < 1.29 is 13.2 Å². The number of halogens is 1. The summed E-state index contributed by atoms with van der Waals surface area (Å²) in [6.45, 7) is 1.88. The molecule has 0 saturated carbocycles. The van der Waals surface area contributed by atoms with Crippen molar-refractivity contribution in [1.82, 2.24) is 5.43 Å². The summed E-state index contributed by atoms with van der Waals surface area (Å²) in [5.41, 5.74) is 2.67. The molecule has 0 radical (unpaired) electrons. The van der Waals surface area contributed by atoms with Crippen molar-refractivity contribution in [2.45, 2.75) is 31.9 Å². The second-order valence-electron chi connectivity index (χ2n) is 4.83. The van der Waals surface area contributed by atoms with E-state index in [1.54, 1.807) is 18.2 Å². The second-order valence-corrected chi connectivity index (χ2v) is 7.52. The summed E-state index contributed by atoms with van der Waals surface area (Å²) in [6, 6.07) is 6.98. The highest BCUT2D eigenvalue weighted by atomic mass is 35.5. The van der Waals surface area contributed by atoms with Crippen molar-refractivity contribution in [2.75, 3.05) is 12.0 Å². The average Bonchev–Trinajstić information content (AvgIpc) is 2.33. The van der Waals surface area contributed by atoms with Gasteiger partial charge in [-0.25, -0.2) is 8.42 Å². The van der Waals surface area contributed by atoms with Crippen molar-refractivity contribution >= 4 is 21.4 Å². The largest absolute Gasteiger partial charge is 0.489 e. The van der Waals surface area contributed by atoms with E-state index in [1.807, 2.05) is 13.0 Å². The van der Waals surface area contributed by atoms with Crippen LogP contribution in [0, 0.1) is 0 Å². The fourth-order valence-corrected chi connectivity index (χ4v) is 2.73. The van der Waals surface area contributed by atoms with E-state index in [9.17, 15) is 8.42 Å². The molecular weight excluding hydrogens is 300 g/mol. The molecule has 0 aromatic heterocycles. The van der Waals surface area contributed by atoms with Crippen LogP contribution in [0.15, 0.2) is 24.3 Å². The summed E-state index contributed by atoms with van der Waals surface area (Å²) in [5, 5.41) is 0.601. The molecule has 0 aliphatic rings. The van der Waals surface area contributed by atoms with E-state index in [0.717, 1.165) is 0 Å². The molecule has 20 heavy (non-hydrogen) atoms. The SMILES string of the molecule is CC(Oc1cccc(Cl)c1)C(CCCS(C)(=O)=O)NN. The molecular formula is C13H21ClN2O3S. The number of hydrogen-bond acceptors (Lipinski definition) is 5. The highest BCUT2D eigenvalue weighted by Crippen LogP contribution is 2.19. The topological polar surface area (TPSA) is 81.4 Å². The van der Waals surface area contributed by atoms with Gasteiger partial charge >= 0.3 is 0 Å². The number of nitrogens with one attached hydrogen (secondary N) is 1. The van der Waals surface area contributed by atoms with Gasteiger partial charge in [-0.1, -0.05) is 17.7 Å². The molecule has 114 valence electrons. The van der Waals surface area contributed by atoms with Gasteiger partial charge in [0.2, 0.25) is 0 Å². The summed E-state index contributed by atoms with van der Waals surface area (Å²) in [7, 11) is -2.95. The lowest BCUT2D eigenvalue weighted by Crippen LogP contribution is -2.45. The molecule has 7 heteroatoms. The van der Waals surface area contributed by atoms with Crippen molar-refractivity contribution in [1.29, 1.82) is 0 Å². The number of ether oxygens (including phenoxy) is 1. The second kappa shape index (κ2) is 7.83. The minimum atomic E-state index is -2.95. The van der Waals surface area contributed by atoms with Crippen LogP contribution in [0.2, 0.25) is 5.02 Å². The Morgan fingerprint density at radius 1 is 1.45 bits per heavy atom. The molecule has 0 saturated heterocycles. The van der Waals surface area contributed by atoms with Gasteiger partial charge in [-0.05, 0) is 38.0 Å². The van der Waals surface area contributed by atoms with Crippen LogP contribution in [0.25, 0.3) is 0 Å². The zero-order valence-corrected chi connectivity index (χ0v) is 13.2. The van der Waals surface area contributed by atoms with Crippen molar-refractivity contribution in [2.24, 2.45) is 5.84 Å². The molecule has 0 heterocycles. The monoisotopic (exact) mass is 320 g/mol. The third-order valence-electron chi connectivity index (χ3n) is 2.93. The maximum Gasteiger partial charge on any atom is 0.147 e. The normalized spacial score (nSPS) is 14.8. The minimum absolute atomic E-state index is 0.129. The van der Waals surface area contributed by atoms with E-state index in [-0.39, 0.29) is 17.9 Å². The predicted molar refractivity (Wildman–Crippen MR) is 81.6 cm³/mol. The molecule has 2 unspecified atom stereocenters. The number of nitrogens with two attached hydrogens (primary N) is 1. The van der Waals surface area contributed by atoms with E-state index in [0.29, 0.717) is 23.6 Å². The third-order valence-corrected chi connectivity index (χ3v) is 4.19. The van der Waals surface area contributed by atoms with Gasteiger partial charge in [0, 0.05) is 17.0 Å². The molecule has 1 aromatic carbocycles. The smallest absolute Gasteiger partial charge is 0.147 e. The Morgan fingerprint density at radius 2 is 2.15 bits per heavy atom. The number of hydrogen-bond donors (Lipinski definition) is 2. The van der Waals surface area contributed by atoms with E-state index in [1.165, 1.54) is 6.26 Å². The van der Waals surface area contributed by atoms with Crippen LogP contribution in [0.1, 0.15) is 19.8 Å². The third kappa shape index (κ3) is 6.56. The summed E-state index contributed by atoms with van der Waals surface area (Å²) >= 11 is 5.89. The first-order valence-electron chi connectivity index (χ1n) is 6.38. The number of hydrazine groups is 1. The number of sulfone groups is 1. The van der Waals surface area contributed by atoms with Gasteiger partial charge in [0.05, 0.1) is 6.04 Å². The zero-order chi connectivity index (χ0) is 15.2. The molecule has 0 fully saturated rings. The van der Waals surface area contributed by atoms with Gasteiger partial charge in [-0.3, -0.25) is 11.3 Å². The number of rotatable bonds is 8. The predicted octanol–water partition coefficient (Wildman–Crippen LogP) is 1.76. The quantitative estimate of drug-likeness (QED) is 0.563. The Balaban J connectivity index is 2.52. The Labute approximate surface area is 125 Å². The Hall–Kier alpha value is -0.820. The van der Waals surface area contributed by atoms with Gasteiger partial charge < -0.3 is 4.74 Å².